The lowest BCUT2D eigenvalue weighted by atomic mass is 10.0. The quantitative estimate of drug-likeness (QED) is 0.554. The number of nitrogens with two attached hydrogens (primary N) is 1. The van der Waals surface area contributed by atoms with E-state index in [-0.39, 0.29) is 17.5 Å². The van der Waals surface area contributed by atoms with Crippen molar-refractivity contribution in [1.29, 1.82) is 0 Å². The summed E-state index contributed by atoms with van der Waals surface area (Å²) in [6, 6.07) is 2.74. The van der Waals surface area contributed by atoms with Crippen LogP contribution in [0.2, 0.25) is 0 Å². The average Bonchev–Trinajstić information content (AvgIpc) is 1.96. The fourth-order valence-electron chi connectivity index (χ4n) is 1.06. The van der Waals surface area contributed by atoms with Crippen molar-refractivity contribution in [1.82, 2.24) is 0 Å². The maximum atomic E-state index is 9.40. The Kier molecular flexibility index (Phi) is 2.24. The number of phenols is 2. The van der Waals surface area contributed by atoms with Crippen molar-refractivity contribution in [2.75, 3.05) is 0 Å². The number of aryl methyl sites for hydroxylation is 1. The Morgan fingerprint density at radius 3 is 2.33 bits per heavy atom. The molecule has 0 heterocycles. The van der Waals surface area contributed by atoms with E-state index in [0.29, 0.717) is 11.1 Å². The molecular formula is C9H13NO2. The molecule has 0 saturated carbocycles. The van der Waals surface area contributed by atoms with E-state index in [2.05, 4.69) is 0 Å². The van der Waals surface area contributed by atoms with Crippen LogP contribution in [0.15, 0.2) is 12.1 Å². The normalized spacial score (nSPS) is 12.9. The number of hydrogen-bond acceptors (Lipinski definition) is 3. The highest BCUT2D eigenvalue weighted by Crippen LogP contribution is 2.29. The van der Waals surface area contributed by atoms with Gasteiger partial charge in [-0.05, 0) is 31.5 Å². The molecule has 0 fully saturated rings. The molecule has 0 saturated heterocycles. The second-order valence-electron chi connectivity index (χ2n) is 2.99. The predicted octanol–water partition coefficient (Wildman–Crippen LogP) is 1.43. The van der Waals surface area contributed by atoms with Gasteiger partial charge in [-0.2, -0.15) is 0 Å². The molecule has 0 aliphatic rings. The Morgan fingerprint density at radius 2 is 1.83 bits per heavy atom. The van der Waals surface area contributed by atoms with Crippen LogP contribution in [-0.2, 0) is 0 Å². The third kappa shape index (κ3) is 1.51. The molecule has 1 unspecified atom stereocenters. The summed E-state index contributed by atoms with van der Waals surface area (Å²) in [6.45, 7) is 3.48. The summed E-state index contributed by atoms with van der Waals surface area (Å²) >= 11 is 0. The average molecular weight is 167 g/mol. The van der Waals surface area contributed by atoms with E-state index in [4.69, 9.17) is 5.73 Å². The topological polar surface area (TPSA) is 66.5 Å². The van der Waals surface area contributed by atoms with Gasteiger partial charge in [-0.1, -0.05) is 0 Å². The van der Waals surface area contributed by atoms with E-state index >= 15 is 0 Å². The Bertz CT molecular complexity index is 295. The van der Waals surface area contributed by atoms with Crippen LogP contribution in [0.5, 0.6) is 11.5 Å². The van der Waals surface area contributed by atoms with E-state index < -0.39 is 0 Å². The van der Waals surface area contributed by atoms with Gasteiger partial charge in [-0.25, -0.2) is 0 Å². The van der Waals surface area contributed by atoms with Crippen molar-refractivity contribution in [3.8, 4) is 11.5 Å². The minimum absolute atomic E-state index is 0.139. The van der Waals surface area contributed by atoms with Crippen molar-refractivity contribution in [3.63, 3.8) is 0 Å². The highest BCUT2D eigenvalue weighted by atomic mass is 16.3. The monoisotopic (exact) mass is 167 g/mol. The lowest BCUT2D eigenvalue weighted by Crippen LogP contribution is -2.05. The Hall–Kier alpha value is -1.22. The van der Waals surface area contributed by atoms with Gasteiger partial charge < -0.3 is 15.9 Å². The van der Waals surface area contributed by atoms with Gasteiger partial charge >= 0.3 is 0 Å². The van der Waals surface area contributed by atoms with Gasteiger partial charge in [0.1, 0.15) is 11.5 Å². The van der Waals surface area contributed by atoms with Crippen molar-refractivity contribution in [2.24, 2.45) is 5.73 Å². The molecule has 0 spiro atoms. The summed E-state index contributed by atoms with van der Waals surface area (Å²) in [7, 11) is 0. The largest absolute Gasteiger partial charge is 0.508 e. The Morgan fingerprint density at radius 1 is 1.25 bits per heavy atom. The number of hydrogen-bond donors (Lipinski definition) is 3. The van der Waals surface area contributed by atoms with E-state index in [9.17, 15) is 10.2 Å². The second kappa shape index (κ2) is 3.03. The highest BCUT2D eigenvalue weighted by Gasteiger charge is 2.08. The summed E-state index contributed by atoms with van der Waals surface area (Å²) in [5, 5.41) is 18.7. The van der Waals surface area contributed by atoms with Crippen LogP contribution in [0.4, 0.5) is 0 Å². The van der Waals surface area contributed by atoms with Gasteiger partial charge in [-0.15, -0.1) is 0 Å². The fraction of sp³-hybridized carbons (Fsp3) is 0.333. The molecule has 1 rings (SSSR count). The number of rotatable bonds is 1. The summed E-state index contributed by atoms with van der Waals surface area (Å²) in [5.41, 5.74) is 6.78. The molecule has 1 atom stereocenters. The zero-order valence-corrected chi connectivity index (χ0v) is 7.20. The van der Waals surface area contributed by atoms with E-state index in [1.54, 1.807) is 13.8 Å². The molecule has 0 bridgehead atoms. The molecule has 1 aromatic rings. The molecule has 4 N–H and O–H groups in total. The molecule has 0 aromatic heterocycles. The van der Waals surface area contributed by atoms with Gasteiger partial charge in [0.25, 0.3) is 0 Å². The van der Waals surface area contributed by atoms with Gasteiger partial charge in [-0.3, -0.25) is 0 Å². The molecule has 66 valence electrons. The summed E-state index contributed by atoms with van der Waals surface area (Å²) in [6.07, 6.45) is 0. The third-order valence-electron chi connectivity index (χ3n) is 1.84. The van der Waals surface area contributed by atoms with Crippen molar-refractivity contribution in [3.05, 3.63) is 23.3 Å². The van der Waals surface area contributed by atoms with Crippen LogP contribution in [0.3, 0.4) is 0 Å². The first-order chi connectivity index (χ1) is 5.52. The van der Waals surface area contributed by atoms with Crippen LogP contribution in [0.25, 0.3) is 0 Å². The van der Waals surface area contributed by atoms with Crippen LogP contribution in [0.1, 0.15) is 24.1 Å². The highest BCUT2D eigenvalue weighted by molar-refractivity contribution is 5.45. The molecule has 12 heavy (non-hydrogen) atoms. The van der Waals surface area contributed by atoms with E-state index in [1.165, 1.54) is 12.1 Å². The van der Waals surface area contributed by atoms with Crippen LogP contribution < -0.4 is 5.73 Å². The zero-order valence-electron chi connectivity index (χ0n) is 7.20. The maximum absolute atomic E-state index is 9.40. The maximum Gasteiger partial charge on any atom is 0.120 e. The fourth-order valence-corrected chi connectivity index (χ4v) is 1.06. The Labute approximate surface area is 71.5 Å². The summed E-state index contributed by atoms with van der Waals surface area (Å²) in [4.78, 5) is 0. The molecule has 0 aliphatic carbocycles. The zero-order chi connectivity index (χ0) is 9.30. The molecule has 0 aliphatic heterocycles. The van der Waals surface area contributed by atoms with Gasteiger partial charge in [0.05, 0.1) is 0 Å². The summed E-state index contributed by atoms with van der Waals surface area (Å²) < 4.78 is 0. The van der Waals surface area contributed by atoms with Gasteiger partial charge in [0, 0.05) is 11.6 Å². The third-order valence-corrected chi connectivity index (χ3v) is 1.84. The van der Waals surface area contributed by atoms with Crippen LogP contribution in [-0.4, -0.2) is 10.2 Å². The minimum Gasteiger partial charge on any atom is -0.508 e. The van der Waals surface area contributed by atoms with Crippen molar-refractivity contribution < 1.29 is 10.2 Å². The van der Waals surface area contributed by atoms with Gasteiger partial charge in [0.2, 0.25) is 0 Å². The Balaban J connectivity index is 3.23. The molecule has 3 nitrogen and oxygen atoms in total. The van der Waals surface area contributed by atoms with Crippen molar-refractivity contribution in [2.45, 2.75) is 19.9 Å². The lowest BCUT2D eigenvalue weighted by molar-refractivity contribution is 0.447. The molecule has 0 amide bonds. The number of benzene rings is 1. The van der Waals surface area contributed by atoms with Gasteiger partial charge in [0.15, 0.2) is 0 Å². The standard InChI is InChI=1S/C9H13NO2/c1-5-3-9(12)7(6(2)10)4-8(5)11/h3-4,6,11-12H,10H2,1-2H3. The minimum atomic E-state index is -0.267. The lowest BCUT2D eigenvalue weighted by Gasteiger charge is -2.09. The smallest absolute Gasteiger partial charge is 0.120 e. The molecular weight excluding hydrogens is 154 g/mol. The molecule has 0 radical (unpaired) electrons. The SMILES string of the molecule is Cc1cc(O)c(C(C)N)cc1O. The van der Waals surface area contributed by atoms with Crippen LogP contribution >= 0.6 is 0 Å². The first-order valence-corrected chi connectivity index (χ1v) is 3.80. The van der Waals surface area contributed by atoms with Crippen LogP contribution in [0, 0.1) is 6.92 Å². The molecule has 1 aromatic carbocycles. The number of aromatic hydroxyl groups is 2. The first-order valence-electron chi connectivity index (χ1n) is 3.80. The second-order valence-corrected chi connectivity index (χ2v) is 2.99. The van der Waals surface area contributed by atoms with E-state index in [0.717, 1.165) is 0 Å². The summed E-state index contributed by atoms with van der Waals surface area (Å²) in [5.74, 6) is 0.306. The molecule has 3 heteroatoms. The van der Waals surface area contributed by atoms with Crippen molar-refractivity contribution >= 4 is 0 Å². The number of phenolic OH excluding ortho intramolecular Hbond substituents is 2. The predicted molar refractivity (Wildman–Crippen MR) is 47.1 cm³/mol. The van der Waals surface area contributed by atoms with E-state index in [1.807, 2.05) is 0 Å². The first kappa shape index (κ1) is 8.87.